The fourth-order valence-corrected chi connectivity index (χ4v) is 3.71. The zero-order valence-electron chi connectivity index (χ0n) is 18.6. The largest absolute Gasteiger partial charge is 0.494 e. The highest BCUT2D eigenvalue weighted by Gasteiger charge is 2.27. The first-order chi connectivity index (χ1) is 16.3. The van der Waals surface area contributed by atoms with Gasteiger partial charge in [-0.1, -0.05) is 0 Å². The van der Waals surface area contributed by atoms with Crippen LogP contribution in [0.2, 0.25) is 0 Å². The minimum absolute atomic E-state index is 0.00862. The number of hydrogen-bond donors (Lipinski definition) is 3. The van der Waals surface area contributed by atoms with Crippen LogP contribution in [-0.4, -0.2) is 49.2 Å². The number of hydrogen-bond acceptors (Lipinski definition) is 5. The summed E-state index contributed by atoms with van der Waals surface area (Å²) in [5.74, 6) is -3.58. The average molecular weight is 476 g/mol. The summed E-state index contributed by atoms with van der Waals surface area (Å²) in [5.41, 5.74) is 0.196. The number of carboxylic acids is 1. The maximum atomic E-state index is 14.4. The normalized spacial score (nSPS) is 17.5. The molecule has 3 N–H and O–H groups in total. The Morgan fingerprint density at radius 1 is 0.882 bits per heavy atom. The smallest absolute Gasteiger partial charge is 0.306 e. The van der Waals surface area contributed by atoms with E-state index in [1.807, 2.05) is 0 Å². The van der Waals surface area contributed by atoms with E-state index in [0.717, 1.165) is 12.1 Å². The van der Waals surface area contributed by atoms with Gasteiger partial charge in [-0.15, -0.1) is 0 Å². The molecule has 0 aliphatic heterocycles. The van der Waals surface area contributed by atoms with Crippen LogP contribution in [0.25, 0.3) is 0 Å². The van der Waals surface area contributed by atoms with Crippen molar-refractivity contribution in [3.05, 3.63) is 59.2 Å². The second kappa shape index (κ2) is 11.4. The molecule has 0 spiro atoms. The van der Waals surface area contributed by atoms with E-state index >= 15 is 0 Å². The molecule has 1 fully saturated rings. The van der Waals surface area contributed by atoms with Crippen molar-refractivity contribution in [3.63, 3.8) is 0 Å². The Labute approximate surface area is 195 Å². The molecule has 3 rings (SSSR count). The molecule has 10 heteroatoms. The molecular formula is C24H26F2N2O6. The molecule has 1 saturated carbocycles. The second-order valence-electron chi connectivity index (χ2n) is 7.94. The van der Waals surface area contributed by atoms with Crippen LogP contribution < -0.4 is 20.1 Å². The molecule has 0 bridgehead atoms. The third-order valence-corrected chi connectivity index (χ3v) is 5.62. The monoisotopic (exact) mass is 476 g/mol. The molecule has 0 radical (unpaired) electrons. The predicted octanol–water partition coefficient (Wildman–Crippen LogP) is 3.16. The molecule has 2 aromatic carbocycles. The highest BCUT2D eigenvalue weighted by molar-refractivity contribution is 5.95. The molecular weight excluding hydrogens is 450 g/mol. The Balaban J connectivity index is 1.44. The number of carbonyl (C=O) groups is 3. The van der Waals surface area contributed by atoms with Crippen LogP contribution in [0.15, 0.2) is 36.4 Å². The Hall–Kier alpha value is -3.69. The van der Waals surface area contributed by atoms with Crippen LogP contribution in [-0.2, 0) is 4.79 Å². The molecule has 0 atom stereocenters. The zero-order chi connectivity index (χ0) is 24.7. The molecule has 0 heterocycles. The quantitative estimate of drug-likeness (QED) is 0.479. The number of carbonyl (C=O) groups excluding carboxylic acids is 2. The van der Waals surface area contributed by atoms with Crippen molar-refractivity contribution < 1.29 is 37.7 Å². The van der Waals surface area contributed by atoms with Crippen LogP contribution in [0, 0.1) is 17.6 Å². The molecule has 2 amide bonds. The maximum Gasteiger partial charge on any atom is 0.306 e. The lowest BCUT2D eigenvalue weighted by Crippen LogP contribution is -2.34. The number of benzene rings is 2. The number of aliphatic carboxylic acids is 1. The molecule has 8 nitrogen and oxygen atoms in total. The third kappa shape index (κ3) is 6.43. The molecule has 0 saturated heterocycles. The Bertz CT molecular complexity index is 1050. The van der Waals surface area contributed by atoms with Crippen LogP contribution in [0.3, 0.4) is 0 Å². The van der Waals surface area contributed by atoms with Gasteiger partial charge < -0.3 is 25.2 Å². The molecule has 0 unspecified atom stereocenters. The van der Waals surface area contributed by atoms with Crippen molar-refractivity contribution in [1.29, 1.82) is 0 Å². The van der Waals surface area contributed by atoms with Gasteiger partial charge in [0.15, 0.2) is 23.1 Å². The SMILES string of the molecule is COc1ccc(C(=O)NCCNC(=O)c2ccc(O[C@H]3CC[C@@H](C(=O)O)CC3)c(F)c2)cc1F. The van der Waals surface area contributed by atoms with Crippen LogP contribution >= 0.6 is 0 Å². The van der Waals surface area contributed by atoms with E-state index in [4.69, 9.17) is 14.6 Å². The summed E-state index contributed by atoms with van der Waals surface area (Å²) in [7, 11) is 1.32. The van der Waals surface area contributed by atoms with E-state index in [9.17, 15) is 23.2 Å². The topological polar surface area (TPSA) is 114 Å². The van der Waals surface area contributed by atoms with Gasteiger partial charge in [0.05, 0.1) is 19.1 Å². The first-order valence-corrected chi connectivity index (χ1v) is 10.9. The van der Waals surface area contributed by atoms with Crippen LogP contribution in [0.4, 0.5) is 8.78 Å². The van der Waals surface area contributed by atoms with E-state index in [0.29, 0.717) is 25.7 Å². The number of rotatable bonds is 9. The summed E-state index contributed by atoms with van der Waals surface area (Å²) in [5, 5.41) is 14.2. The number of nitrogens with one attached hydrogen (secondary N) is 2. The molecule has 182 valence electrons. The Kier molecular flexibility index (Phi) is 8.39. The van der Waals surface area contributed by atoms with E-state index < -0.39 is 35.3 Å². The average Bonchev–Trinajstić information content (AvgIpc) is 2.83. The van der Waals surface area contributed by atoms with E-state index in [1.165, 1.54) is 31.4 Å². The number of methoxy groups -OCH3 is 1. The number of amides is 2. The molecule has 1 aliphatic carbocycles. The van der Waals surface area contributed by atoms with Gasteiger partial charge >= 0.3 is 5.97 Å². The lowest BCUT2D eigenvalue weighted by Gasteiger charge is -2.27. The summed E-state index contributed by atoms with van der Waals surface area (Å²) in [6.45, 7) is 0.164. The number of halogens is 2. The Morgan fingerprint density at radius 2 is 1.38 bits per heavy atom. The highest BCUT2D eigenvalue weighted by Crippen LogP contribution is 2.29. The van der Waals surface area contributed by atoms with Gasteiger partial charge in [0, 0.05) is 24.2 Å². The molecule has 2 aromatic rings. The fraction of sp³-hybridized carbons (Fsp3) is 0.375. The minimum Gasteiger partial charge on any atom is -0.494 e. The minimum atomic E-state index is -0.825. The second-order valence-corrected chi connectivity index (χ2v) is 7.94. The molecule has 34 heavy (non-hydrogen) atoms. The van der Waals surface area contributed by atoms with Gasteiger partial charge in [-0.25, -0.2) is 8.78 Å². The summed E-state index contributed by atoms with van der Waals surface area (Å²) in [6.07, 6.45) is 1.73. The van der Waals surface area contributed by atoms with Gasteiger partial charge in [-0.05, 0) is 62.1 Å². The Morgan fingerprint density at radius 3 is 1.82 bits per heavy atom. The third-order valence-electron chi connectivity index (χ3n) is 5.62. The highest BCUT2D eigenvalue weighted by atomic mass is 19.1. The first-order valence-electron chi connectivity index (χ1n) is 10.9. The fourth-order valence-electron chi connectivity index (χ4n) is 3.71. The van der Waals surface area contributed by atoms with Crippen molar-refractivity contribution in [2.45, 2.75) is 31.8 Å². The maximum absolute atomic E-state index is 14.4. The zero-order valence-corrected chi connectivity index (χ0v) is 18.6. The van der Waals surface area contributed by atoms with Crippen molar-refractivity contribution >= 4 is 17.8 Å². The number of ether oxygens (including phenoxy) is 2. The van der Waals surface area contributed by atoms with Gasteiger partial charge in [0.1, 0.15) is 0 Å². The summed E-state index contributed by atoms with van der Waals surface area (Å²) < 4.78 is 38.6. The van der Waals surface area contributed by atoms with Crippen molar-refractivity contribution in [3.8, 4) is 11.5 Å². The molecule has 0 aromatic heterocycles. The van der Waals surface area contributed by atoms with Crippen molar-refractivity contribution in [2.75, 3.05) is 20.2 Å². The van der Waals surface area contributed by atoms with Gasteiger partial charge in [0.2, 0.25) is 0 Å². The van der Waals surface area contributed by atoms with E-state index in [1.54, 1.807) is 0 Å². The van der Waals surface area contributed by atoms with Gasteiger partial charge in [0.25, 0.3) is 11.8 Å². The van der Waals surface area contributed by atoms with Crippen molar-refractivity contribution in [2.24, 2.45) is 5.92 Å². The lowest BCUT2D eigenvalue weighted by atomic mass is 9.87. The predicted molar refractivity (Wildman–Crippen MR) is 118 cm³/mol. The lowest BCUT2D eigenvalue weighted by molar-refractivity contribution is -0.143. The first kappa shape index (κ1) is 24.9. The molecule has 1 aliphatic rings. The van der Waals surface area contributed by atoms with Crippen LogP contribution in [0.1, 0.15) is 46.4 Å². The summed E-state index contributed by atoms with van der Waals surface area (Å²) in [4.78, 5) is 35.4. The summed E-state index contributed by atoms with van der Waals surface area (Å²) >= 11 is 0. The van der Waals surface area contributed by atoms with E-state index in [-0.39, 0.29) is 41.8 Å². The van der Waals surface area contributed by atoms with Crippen LogP contribution in [0.5, 0.6) is 11.5 Å². The van der Waals surface area contributed by atoms with Gasteiger partial charge in [-0.2, -0.15) is 0 Å². The van der Waals surface area contributed by atoms with Crippen molar-refractivity contribution in [1.82, 2.24) is 10.6 Å². The van der Waals surface area contributed by atoms with Gasteiger partial charge in [-0.3, -0.25) is 14.4 Å². The summed E-state index contributed by atoms with van der Waals surface area (Å²) in [6, 6.07) is 7.67. The number of carboxylic acid groups (broad SMARTS) is 1. The van der Waals surface area contributed by atoms with E-state index in [2.05, 4.69) is 10.6 Å². The standard InChI is InChI=1S/C24H26F2N2O6/c1-33-20-8-4-15(12-18(20)25)22(29)27-10-11-28-23(30)16-5-9-21(19(26)13-16)34-17-6-2-14(3-7-17)24(31)32/h4-5,8-9,12-14,17H,2-3,6-7,10-11H2,1H3,(H,27,29)(H,28,30)(H,31,32)/t14-,17+.